The fourth-order valence-electron chi connectivity index (χ4n) is 2.55. The minimum absolute atomic E-state index is 0.172. The molecule has 146 valence electrons. The van der Waals surface area contributed by atoms with E-state index in [1.54, 1.807) is 29.2 Å². The zero-order valence-electron chi connectivity index (χ0n) is 14.7. The topological polar surface area (TPSA) is 114 Å². The number of furan rings is 1. The molecule has 0 aliphatic carbocycles. The number of carboxylic acids is 1. The van der Waals surface area contributed by atoms with Crippen LogP contribution < -0.4 is 4.90 Å². The molecule has 0 amide bonds. The molecule has 0 saturated carbocycles. The maximum atomic E-state index is 11.8. The van der Waals surface area contributed by atoms with Crippen LogP contribution in [0.3, 0.4) is 0 Å². The summed E-state index contributed by atoms with van der Waals surface area (Å²) >= 11 is 5.92. The molecule has 0 radical (unpaired) electrons. The second-order valence-electron chi connectivity index (χ2n) is 6.03. The van der Waals surface area contributed by atoms with Gasteiger partial charge in [-0.25, -0.2) is 23.2 Å². The van der Waals surface area contributed by atoms with Gasteiger partial charge in [0.05, 0.1) is 24.7 Å². The molecule has 0 bridgehead atoms. The van der Waals surface area contributed by atoms with Crippen LogP contribution in [0.25, 0.3) is 0 Å². The first kappa shape index (κ1) is 19.8. The number of carbonyl (C=O) groups is 1. The molecule has 28 heavy (non-hydrogen) atoms. The lowest BCUT2D eigenvalue weighted by molar-refractivity contribution is 0.0690. The summed E-state index contributed by atoms with van der Waals surface area (Å²) in [5.74, 6) is -0.764. The van der Waals surface area contributed by atoms with Gasteiger partial charge in [0.1, 0.15) is 5.76 Å². The zero-order valence-corrected chi connectivity index (χ0v) is 16.3. The molecule has 0 spiro atoms. The lowest BCUT2D eigenvalue weighted by Gasteiger charge is -2.25. The van der Waals surface area contributed by atoms with Crippen LogP contribution in [0.5, 0.6) is 0 Å². The number of halogens is 1. The van der Waals surface area contributed by atoms with Gasteiger partial charge >= 0.3 is 5.97 Å². The second kappa shape index (κ2) is 7.99. The Morgan fingerprint density at radius 1 is 1.21 bits per heavy atom. The van der Waals surface area contributed by atoms with E-state index in [4.69, 9.17) is 16.0 Å². The van der Waals surface area contributed by atoms with Crippen molar-refractivity contribution in [2.24, 2.45) is 0 Å². The van der Waals surface area contributed by atoms with Crippen molar-refractivity contribution < 1.29 is 22.7 Å². The molecule has 8 nitrogen and oxygen atoms in total. The smallest absolute Gasteiger partial charge is 0.356 e. The van der Waals surface area contributed by atoms with Crippen LogP contribution in [0.2, 0.25) is 5.02 Å². The average molecular weight is 422 g/mol. The van der Waals surface area contributed by atoms with Crippen molar-refractivity contribution in [1.82, 2.24) is 9.97 Å². The van der Waals surface area contributed by atoms with Gasteiger partial charge in [-0.1, -0.05) is 23.7 Å². The van der Waals surface area contributed by atoms with Crippen LogP contribution in [0.15, 0.2) is 58.4 Å². The average Bonchev–Trinajstić information content (AvgIpc) is 3.15. The number of aromatic nitrogens is 2. The number of sulfone groups is 1. The summed E-state index contributed by atoms with van der Waals surface area (Å²) in [4.78, 5) is 21.0. The molecule has 0 aliphatic rings. The highest BCUT2D eigenvalue weighted by molar-refractivity contribution is 7.90. The normalized spacial score (nSPS) is 11.4. The van der Waals surface area contributed by atoms with Gasteiger partial charge in [-0.2, -0.15) is 0 Å². The zero-order chi connectivity index (χ0) is 20.3. The fourth-order valence-corrected chi connectivity index (χ4v) is 3.18. The van der Waals surface area contributed by atoms with Gasteiger partial charge in [0.15, 0.2) is 5.69 Å². The Morgan fingerprint density at radius 3 is 2.50 bits per heavy atom. The third kappa shape index (κ3) is 4.68. The van der Waals surface area contributed by atoms with Crippen LogP contribution in [-0.2, 0) is 22.9 Å². The largest absolute Gasteiger partial charge is 0.476 e. The third-order valence-corrected chi connectivity index (χ3v) is 4.95. The number of rotatable bonds is 7. The Kier molecular flexibility index (Phi) is 5.66. The minimum Gasteiger partial charge on any atom is -0.476 e. The summed E-state index contributed by atoms with van der Waals surface area (Å²) in [5.41, 5.74) is 0.627. The van der Waals surface area contributed by atoms with E-state index in [-0.39, 0.29) is 12.2 Å². The highest BCUT2D eigenvalue weighted by Gasteiger charge is 2.23. The Bertz CT molecular complexity index is 1080. The lowest BCUT2D eigenvalue weighted by atomic mass is 10.2. The van der Waals surface area contributed by atoms with E-state index in [1.807, 2.05) is 12.1 Å². The van der Waals surface area contributed by atoms with E-state index < -0.39 is 26.7 Å². The highest BCUT2D eigenvalue weighted by Crippen LogP contribution is 2.24. The van der Waals surface area contributed by atoms with Gasteiger partial charge in [-0.05, 0) is 29.8 Å². The van der Waals surface area contributed by atoms with Gasteiger partial charge < -0.3 is 14.4 Å². The summed E-state index contributed by atoms with van der Waals surface area (Å²) in [6.07, 6.45) is 3.63. The molecule has 1 N–H and O–H groups in total. The van der Waals surface area contributed by atoms with E-state index >= 15 is 0 Å². The first-order chi connectivity index (χ1) is 13.2. The van der Waals surface area contributed by atoms with Gasteiger partial charge in [0.2, 0.25) is 15.0 Å². The van der Waals surface area contributed by atoms with Crippen molar-refractivity contribution in [1.29, 1.82) is 0 Å². The molecule has 0 aliphatic heterocycles. The Hall–Kier alpha value is -2.91. The van der Waals surface area contributed by atoms with Crippen molar-refractivity contribution in [3.8, 4) is 0 Å². The first-order valence-corrected chi connectivity index (χ1v) is 10.3. The number of nitrogens with zero attached hydrogens (tertiary/aromatic N) is 3. The molecule has 10 heteroatoms. The van der Waals surface area contributed by atoms with E-state index in [0.29, 0.717) is 17.3 Å². The number of benzene rings is 1. The van der Waals surface area contributed by atoms with Gasteiger partial charge in [-0.3, -0.25) is 0 Å². The summed E-state index contributed by atoms with van der Waals surface area (Å²) in [7, 11) is -3.75. The number of anilines is 1. The SMILES string of the molecule is CS(=O)(=O)c1ncc(N(Cc2ccc(Cl)cc2)Cc2ccco2)c(C(=O)O)n1. The van der Waals surface area contributed by atoms with Gasteiger partial charge in [0.25, 0.3) is 0 Å². The summed E-state index contributed by atoms with van der Waals surface area (Å²) in [5, 5.41) is 9.61. The predicted octanol–water partition coefficient (Wildman–Crippen LogP) is 3.03. The summed E-state index contributed by atoms with van der Waals surface area (Å²) in [6.45, 7) is 0.539. The van der Waals surface area contributed by atoms with Crippen molar-refractivity contribution in [2.75, 3.05) is 11.2 Å². The molecule has 1 aromatic carbocycles. The molecule has 3 rings (SSSR count). The van der Waals surface area contributed by atoms with E-state index in [1.165, 1.54) is 12.5 Å². The monoisotopic (exact) mass is 421 g/mol. The molecule has 0 saturated heterocycles. The number of hydrogen-bond donors (Lipinski definition) is 1. The van der Waals surface area contributed by atoms with Crippen LogP contribution in [0.1, 0.15) is 21.8 Å². The first-order valence-electron chi connectivity index (χ1n) is 8.06. The summed E-state index contributed by atoms with van der Waals surface area (Å²) < 4.78 is 28.8. The van der Waals surface area contributed by atoms with Crippen LogP contribution in [0.4, 0.5) is 5.69 Å². The van der Waals surface area contributed by atoms with Crippen LogP contribution in [0, 0.1) is 0 Å². The number of carboxylic acid groups (broad SMARTS) is 1. The highest BCUT2D eigenvalue weighted by atomic mass is 35.5. The molecular formula is C18H16ClN3O5S. The maximum Gasteiger partial charge on any atom is 0.356 e. The van der Waals surface area contributed by atoms with Crippen molar-refractivity contribution in [3.05, 3.63) is 70.9 Å². The Morgan fingerprint density at radius 2 is 1.93 bits per heavy atom. The minimum atomic E-state index is -3.75. The van der Waals surface area contributed by atoms with Crippen molar-refractivity contribution >= 4 is 33.1 Å². The second-order valence-corrected chi connectivity index (χ2v) is 8.37. The number of hydrogen-bond acceptors (Lipinski definition) is 7. The number of aromatic carboxylic acids is 1. The van der Waals surface area contributed by atoms with E-state index in [9.17, 15) is 18.3 Å². The molecule has 2 aromatic heterocycles. The van der Waals surface area contributed by atoms with Gasteiger partial charge in [-0.15, -0.1) is 0 Å². The Labute approximate surface area is 166 Å². The third-order valence-electron chi connectivity index (χ3n) is 3.84. The fraction of sp³-hybridized carbons (Fsp3) is 0.167. The molecule has 2 heterocycles. The maximum absolute atomic E-state index is 11.8. The standard InChI is InChI=1S/C18H16ClN3O5S/c1-28(25,26)18-20-9-15(16(21-18)17(23)24)22(11-14-3-2-8-27-14)10-12-4-6-13(19)7-5-12/h2-9H,10-11H2,1H3,(H,23,24). The Balaban J connectivity index is 2.05. The quantitative estimate of drug-likeness (QED) is 0.579. The lowest BCUT2D eigenvalue weighted by Crippen LogP contribution is -2.25. The van der Waals surface area contributed by atoms with Crippen molar-refractivity contribution in [2.45, 2.75) is 18.2 Å². The predicted molar refractivity (Wildman–Crippen MR) is 102 cm³/mol. The van der Waals surface area contributed by atoms with Gasteiger partial charge in [0, 0.05) is 17.8 Å². The van der Waals surface area contributed by atoms with E-state index in [2.05, 4.69) is 9.97 Å². The molecular weight excluding hydrogens is 406 g/mol. The molecule has 0 unspecified atom stereocenters. The molecule has 3 aromatic rings. The van der Waals surface area contributed by atoms with E-state index in [0.717, 1.165) is 11.8 Å². The molecule has 0 atom stereocenters. The molecule has 0 fully saturated rings. The summed E-state index contributed by atoms with van der Waals surface area (Å²) in [6, 6.07) is 10.5. The van der Waals surface area contributed by atoms with Crippen LogP contribution in [-0.4, -0.2) is 35.7 Å². The van der Waals surface area contributed by atoms with Crippen LogP contribution >= 0.6 is 11.6 Å². The van der Waals surface area contributed by atoms with Crippen molar-refractivity contribution in [3.63, 3.8) is 0 Å².